The molecule has 0 radical (unpaired) electrons. The van der Waals surface area contributed by atoms with Crippen molar-refractivity contribution in [1.29, 1.82) is 5.26 Å². The summed E-state index contributed by atoms with van der Waals surface area (Å²) in [5.41, 5.74) is 0.567. The smallest absolute Gasteiger partial charge is 0.146 e. The van der Waals surface area contributed by atoms with Crippen molar-refractivity contribution in [3.63, 3.8) is 0 Å². The highest BCUT2D eigenvalue weighted by Crippen LogP contribution is 2.31. The number of hydrogen-bond acceptors (Lipinski definition) is 2. The minimum atomic E-state index is -0.442. The predicted octanol–water partition coefficient (Wildman–Crippen LogP) is 4.04. The molecule has 2 rings (SSSR count). The maximum Gasteiger partial charge on any atom is 0.146 e. The van der Waals surface area contributed by atoms with E-state index in [0.717, 1.165) is 18.8 Å². The van der Waals surface area contributed by atoms with Crippen LogP contribution in [0.25, 0.3) is 0 Å². The number of nitriles is 1. The summed E-state index contributed by atoms with van der Waals surface area (Å²) in [5, 5.41) is 8.79. The number of halogens is 1. The zero-order valence-corrected chi connectivity index (χ0v) is 11.5. The summed E-state index contributed by atoms with van der Waals surface area (Å²) < 4.78 is 19.7. The summed E-state index contributed by atoms with van der Waals surface area (Å²) in [6, 6.07) is 6.73. The van der Waals surface area contributed by atoms with E-state index >= 15 is 0 Å². The largest absolute Gasteiger partial charge is 0.373 e. The second-order valence-corrected chi connectivity index (χ2v) is 5.59. The Bertz CT molecular complexity index is 480. The van der Waals surface area contributed by atoms with Crippen molar-refractivity contribution in [2.45, 2.75) is 45.8 Å². The monoisotopic (exact) mass is 261 g/mol. The third kappa shape index (κ3) is 3.33. The van der Waals surface area contributed by atoms with Crippen LogP contribution in [0.5, 0.6) is 0 Å². The molecule has 0 spiro atoms. The van der Waals surface area contributed by atoms with E-state index in [-0.39, 0.29) is 18.3 Å². The normalized spacial score (nSPS) is 26.9. The van der Waals surface area contributed by atoms with Crippen LogP contribution < -0.4 is 0 Å². The van der Waals surface area contributed by atoms with Crippen LogP contribution in [0.3, 0.4) is 0 Å². The van der Waals surface area contributed by atoms with Gasteiger partial charge in [-0.05, 0) is 37.2 Å². The summed E-state index contributed by atoms with van der Waals surface area (Å²) in [6.07, 6.45) is 3.48. The van der Waals surface area contributed by atoms with Crippen LogP contribution >= 0.6 is 0 Å². The first-order valence-corrected chi connectivity index (χ1v) is 6.91. The lowest BCUT2D eigenvalue weighted by Gasteiger charge is -2.32. The molecule has 102 valence electrons. The lowest BCUT2D eigenvalue weighted by Crippen LogP contribution is -2.26. The van der Waals surface area contributed by atoms with Gasteiger partial charge < -0.3 is 4.74 Å². The van der Waals surface area contributed by atoms with E-state index in [2.05, 4.69) is 13.8 Å². The zero-order chi connectivity index (χ0) is 13.8. The fourth-order valence-electron chi connectivity index (χ4n) is 2.63. The van der Waals surface area contributed by atoms with Crippen molar-refractivity contribution in [3.8, 4) is 6.07 Å². The Labute approximate surface area is 114 Å². The van der Waals surface area contributed by atoms with Gasteiger partial charge in [0.25, 0.3) is 0 Å². The average Bonchev–Trinajstić information content (AvgIpc) is 2.41. The Morgan fingerprint density at radius 3 is 2.79 bits per heavy atom. The maximum absolute atomic E-state index is 13.9. The van der Waals surface area contributed by atoms with Crippen molar-refractivity contribution < 1.29 is 9.13 Å². The van der Waals surface area contributed by atoms with Gasteiger partial charge in [0, 0.05) is 5.56 Å². The van der Waals surface area contributed by atoms with Gasteiger partial charge in [-0.15, -0.1) is 0 Å². The molecule has 1 aromatic carbocycles. The van der Waals surface area contributed by atoms with Gasteiger partial charge in [0.15, 0.2) is 0 Å². The quantitative estimate of drug-likeness (QED) is 0.822. The Hall–Kier alpha value is -1.40. The van der Waals surface area contributed by atoms with Gasteiger partial charge in [-0.3, -0.25) is 0 Å². The Kier molecular flexibility index (Phi) is 4.55. The van der Waals surface area contributed by atoms with Gasteiger partial charge in [-0.25, -0.2) is 4.39 Å². The molecule has 1 aliphatic rings. The fraction of sp³-hybridized carbons (Fsp3) is 0.562. The summed E-state index contributed by atoms with van der Waals surface area (Å²) in [6.45, 7) is 4.78. The fourth-order valence-corrected chi connectivity index (χ4v) is 2.63. The molecule has 0 aromatic heterocycles. The molecule has 19 heavy (non-hydrogen) atoms. The van der Waals surface area contributed by atoms with E-state index in [1.54, 1.807) is 12.1 Å². The highest BCUT2D eigenvalue weighted by Gasteiger charge is 2.25. The number of benzene rings is 1. The first-order valence-electron chi connectivity index (χ1n) is 6.91. The summed E-state index contributed by atoms with van der Waals surface area (Å²) in [5.74, 6) is 0.967. The van der Waals surface area contributed by atoms with E-state index in [1.165, 1.54) is 12.5 Å². The van der Waals surface area contributed by atoms with E-state index in [4.69, 9.17) is 10.00 Å². The number of hydrogen-bond donors (Lipinski definition) is 0. The van der Waals surface area contributed by atoms with Crippen LogP contribution in [-0.4, -0.2) is 6.10 Å². The average molecular weight is 261 g/mol. The highest BCUT2D eigenvalue weighted by atomic mass is 19.1. The lowest BCUT2D eigenvalue weighted by molar-refractivity contribution is -0.00847. The standard InChI is InChI=1S/C16H20FNO/c1-11-6-7-15(8-12(11)2)19-10-14-5-3-4-13(9-18)16(14)17/h3-5,11-12,15H,6-8,10H2,1-2H3. The molecule has 3 atom stereocenters. The molecule has 1 aromatic rings. The summed E-state index contributed by atoms with van der Waals surface area (Å²) in [7, 11) is 0. The predicted molar refractivity (Wildman–Crippen MR) is 71.9 cm³/mol. The van der Waals surface area contributed by atoms with Gasteiger partial charge >= 0.3 is 0 Å². The topological polar surface area (TPSA) is 33.0 Å². The van der Waals surface area contributed by atoms with Crippen molar-refractivity contribution in [3.05, 3.63) is 35.1 Å². The molecule has 0 N–H and O–H groups in total. The van der Waals surface area contributed by atoms with E-state index in [1.807, 2.05) is 6.07 Å². The van der Waals surface area contributed by atoms with E-state index in [0.29, 0.717) is 11.5 Å². The van der Waals surface area contributed by atoms with E-state index < -0.39 is 5.82 Å². The van der Waals surface area contributed by atoms with Crippen LogP contribution in [0, 0.1) is 29.0 Å². The Morgan fingerprint density at radius 2 is 2.11 bits per heavy atom. The van der Waals surface area contributed by atoms with Crippen LogP contribution in [0.15, 0.2) is 18.2 Å². The number of nitrogens with zero attached hydrogens (tertiary/aromatic N) is 1. The first-order chi connectivity index (χ1) is 9.11. The molecule has 3 heteroatoms. The minimum absolute atomic E-state index is 0.0896. The molecule has 1 fully saturated rings. The van der Waals surface area contributed by atoms with E-state index in [9.17, 15) is 4.39 Å². The number of ether oxygens (including phenoxy) is 1. The van der Waals surface area contributed by atoms with Crippen LogP contribution in [0.2, 0.25) is 0 Å². The van der Waals surface area contributed by atoms with Crippen molar-refractivity contribution in [1.82, 2.24) is 0 Å². The molecular formula is C16H20FNO. The van der Waals surface area contributed by atoms with Gasteiger partial charge in [0.2, 0.25) is 0 Å². The van der Waals surface area contributed by atoms with Gasteiger partial charge in [0.05, 0.1) is 18.3 Å². The van der Waals surface area contributed by atoms with Crippen LogP contribution in [0.1, 0.15) is 44.2 Å². The molecule has 0 saturated heterocycles. The second kappa shape index (κ2) is 6.16. The Balaban J connectivity index is 1.95. The minimum Gasteiger partial charge on any atom is -0.373 e. The molecule has 0 bridgehead atoms. The maximum atomic E-state index is 13.9. The van der Waals surface area contributed by atoms with Crippen LogP contribution in [-0.2, 0) is 11.3 Å². The SMILES string of the molecule is CC1CCC(OCc2cccc(C#N)c2F)CC1C. The molecule has 3 unspecified atom stereocenters. The van der Waals surface area contributed by atoms with Crippen molar-refractivity contribution in [2.24, 2.45) is 11.8 Å². The molecular weight excluding hydrogens is 241 g/mol. The highest BCUT2D eigenvalue weighted by molar-refractivity contribution is 5.34. The second-order valence-electron chi connectivity index (χ2n) is 5.59. The lowest BCUT2D eigenvalue weighted by atomic mass is 9.80. The van der Waals surface area contributed by atoms with Gasteiger partial charge in [-0.2, -0.15) is 5.26 Å². The third-order valence-corrected chi connectivity index (χ3v) is 4.22. The van der Waals surface area contributed by atoms with Crippen molar-refractivity contribution >= 4 is 0 Å². The summed E-state index contributed by atoms with van der Waals surface area (Å²) in [4.78, 5) is 0. The third-order valence-electron chi connectivity index (χ3n) is 4.22. The number of rotatable bonds is 3. The summed E-state index contributed by atoms with van der Waals surface area (Å²) >= 11 is 0. The van der Waals surface area contributed by atoms with Crippen molar-refractivity contribution in [2.75, 3.05) is 0 Å². The molecule has 0 heterocycles. The Morgan fingerprint density at radius 1 is 1.32 bits per heavy atom. The molecule has 1 saturated carbocycles. The van der Waals surface area contributed by atoms with Crippen LogP contribution in [0.4, 0.5) is 4.39 Å². The van der Waals surface area contributed by atoms with Gasteiger partial charge in [-0.1, -0.05) is 26.0 Å². The van der Waals surface area contributed by atoms with Gasteiger partial charge in [0.1, 0.15) is 11.9 Å². The molecule has 1 aliphatic carbocycles. The molecule has 0 aliphatic heterocycles. The zero-order valence-electron chi connectivity index (χ0n) is 11.5. The first kappa shape index (κ1) is 14.0. The molecule has 0 amide bonds. The molecule has 2 nitrogen and oxygen atoms in total.